The fraction of sp³-hybridized carbons (Fsp3) is 0.421. The van der Waals surface area contributed by atoms with Crippen LogP contribution in [0.1, 0.15) is 31.5 Å². The van der Waals surface area contributed by atoms with E-state index in [-0.39, 0.29) is 24.1 Å². The number of benzene rings is 1. The number of para-hydroxylation sites is 1. The monoisotopic (exact) mass is 382 g/mol. The van der Waals surface area contributed by atoms with Crippen molar-refractivity contribution >= 4 is 16.8 Å². The van der Waals surface area contributed by atoms with Crippen LogP contribution in [-0.2, 0) is 11.3 Å². The van der Waals surface area contributed by atoms with Crippen LogP contribution in [0.5, 0.6) is 5.88 Å². The second-order valence-electron chi connectivity index (χ2n) is 6.79. The SMILES string of the molecule is CCn1c(C2CCCN(C(=O)COc3ncnc4ccccc34)C2)n[nH]c1=O. The molecule has 9 heteroatoms. The Bertz CT molecular complexity index is 1040. The van der Waals surface area contributed by atoms with Crippen molar-refractivity contribution < 1.29 is 9.53 Å². The van der Waals surface area contributed by atoms with Gasteiger partial charge in [0.05, 0.1) is 10.9 Å². The minimum absolute atomic E-state index is 0.0384. The summed E-state index contributed by atoms with van der Waals surface area (Å²) >= 11 is 0. The summed E-state index contributed by atoms with van der Waals surface area (Å²) in [5, 5.41) is 7.46. The Morgan fingerprint density at radius 1 is 1.32 bits per heavy atom. The van der Waals surface area contributed by atoms with E-state index in [1.807, 2.05) is 31.2 Å². The first-order valence-electron chi connectivity index (χ1n) is 9.42. The minimum Gasteiger partial charge on any atom is -0.467 e. The van der Waals surface area contributed by atoms with Crippen molar-refractivity contribution in [2.75, 3.05) is 19.7 Å². The summed E-state index contributed by atoms with van der Waals surface area (Å²) in [6, 6.07) is 7.52. The first-order chi connectivity index (χ1) is 13.7. The minimum atomic E-state index is -0.208. The highest BCUT2D eigenvalue weighted by molar-refractivity contribution is 5.84. The molecule has 1 aliphatic rings. The number of likely N-dealkylation sites (tertiary alicyclic amines) is 1. The number of nitrogens with zero attached hydrogens (tertiary/aromatic N) is 5. The van der Waals surface area contributed by atoms with Gasteiger partial charge < -0.3 is 9.64 Å². The summed E-state index contributed by atoms with van der Waals surface area (Å²) in [5.41, 5.74) is 0.564. The molecule has 0 saturated carbocycles. The molecule has 1 aromatic carbocycles. The number of hydrogen-bond acceptors (Lipinski definition) is 6. The van der Waals surface area contributed by atoms with Crippen molar-refractivity contribution in [2.24, 2.45) is 0 Å². The number of carbonyl (C=O) groups is 1. The molecule has 1 atom stereocenters. The van der Waals surface area contributed by atoms with E-state index in [1.54, 1.807) is 9.47 Å². The van der Waals surface area contributed by atoms with Crippen molar-refractivity contribution in [3.8, 4) is 5.88 Å². The maximum absolute atomic E-state index is 12.7. The number of ether oxygens (including phenoxy) is 1. The Balaban J connectivity index is 1.44. The predicted molar refractivity (Wildman–Crippen MR) is 102 cm³/mol. The molecule has 0 radical (unpaired) electrons. The van der Waals surface area contributed by atoms with Gasteiger partial charge >= 0.3 is 5.69 Å². The number of nitrogens with one attached hydrogen (secondary N) is 1. The topological polar surface area (TPSA) is 106 Å². The smallest absolute Gasteiger partial charge is 0.343 e. The molecule has 0 spiro atoms. The van der Waals surface area contributed by atoms with E-state index >= 15 is 0 Å². The Kier molecular flexibility index (Phi) is 5.05. The molecule has 1 fully saturated rings. The van der Waals surface area contributed by atoms with Gasteiger partial charge in [0.2, 0.25) is 5.88 Å². The molecule has 1 saturated heterocycles. The molecule has 146 valence electrons. The second-order valence-corrected chi connectivity index (χ2v) is 6.79. The molecule has 1 N–H and O–H groups in total. The van der Waals surface area contributed by atoms with Crippen molar-refractivity contribution in [1.82, 2.24) is 29.6 Å². The number of H-pyrrole nitrogens is 1. The van der Waals surface area contributed by atoms with Gasteiger partial charge in [-0.3, -0.25) is 9.36 Å². The van der Waals surface area contributed by atoms with E-state index < -0.39 is 0 Å². The predicted octanol–water partition coefficient (Wildman–Crippen LogP) is 1.32. The van der Waals surface area contributed by atoms with Gasteiger partial charge in [-0.2, -0.15) is 5.10 Å². The molecule has 9 nitrogen and oxygen atoms in total. The molecular weight excluding hydrogens is 360 g/mol. The third kappa shape index (κ3) is 3.47. The number of aromatic nitrogens is 5. The molecule has 2 aromatic heterocycles. The first-order valence-corrected chi connectivity index (χ1v) is 9.42. The number of fused-ring (bicyclic) bond motifs is 1. The number of piperidine rings is 1. The number of hydrogen-bond donors (Lipinski definition) is 1. The van der Waals surface area contributed by atoms with Crippen molar-refractivity contribution in [1.29, 1.82) is 0 Å². The summed E-state index contributed by atoms with van der Waals surface area (Å²) in [4.78, 5) is 34.7. The molecule has 0 aliphatic carbocycles. The summed E-state index contributed by atoms with van der Waals surface area (Å²) in [7, 11) is 0. The molecule has 28 heavy (non-hydrogen) atoms. The zero-order valence-corrected chi connectivity index (χ0v) is 15.7. The lowest BCUT2D eigenvalue weighted by atomic mass is 9.97. The van der Waals surface area contributed by atoms with Gasteiger partial charge in [-0.1, -0.05) is 12.1 Å². The summed E-state index contributed by atoms with van der Waals surface area (Å²) in [5.74, 6) is 1.05. The zero-order chi connectivity index (χ0) is 19.5. The molecular formula is C19H22N6O3. The maximum Gasteiger partial charge on any atom is 0.343 e. The summed E-state index contributed by atoms with van der Waals surface area (Å²) in [6.45, 7) is 3.57. The average molecular weight is 382 g/mol. The third-order valence-corrected chi connectivity index (χ3v) is 5.08. The van der Waals surface area contributed by atoms with E-state index in [2.05, 4.69) is 20.2 Å². The Hall–Kier alpha value is -3.23. The molecule has 0 bridgehead atoms. The molecule has 3 aromatic rings. The van der Waals surface area contributed by atoms with E-state index in [0.29, 0.717) is 31.3 Å². The van der Waals surface area contributed by atoms with Crippen LogP contribution in [0.4, 0.5) is 0 Å². The van der Waals surface area contributed by atoms with Crippen LogP contribution in [-0.4, -0.2) is 55.2 Å². The average Bonchev–Trinajstić information content (AvgIpc) is 3.12. The Morgan fingerprint density at radius 2 is 2.18 bits per heavy atom. The Morgan fingerprint density at radius 3 is 3.04 bits per heavy atom. The number of aromatic amines is 1. The van der Waals surface area contributed by atoms with Crippen LogP contribution >= 0.6 is 0 Å². The molecule has 1 unspecified atom stereocenters. The zero-order valence-electron chi connectivity index (χ0n) is 15.7. The maximum atomic E-state index is 12.7. The highest BCUT2D eigenvalue weighted by Crippen LogP contribution is 2.25. The van der Waals surface area contributed by atoms with Gasteiger partial charge in [0.1, 0.15) is 12.2 Å². The largest absolute Gasteiger partial charge is 0.467 e. The standard InChI is InChI=1S/C19H22N6O3/c1-2-25-17(22-23-19(25)27)13-6-5-9-24(10-13)16(26)11-28-18-14-7-3-4-8-15(14)20-12-21-18/h3-4,7-8,12-13H,2,5-6,9-11H2,1H3,(H,23,27). The summed E-state index contributed by atoms with van der Waals surface area (Å²) < 4.78 is 7.33. The van der Waals surface area contributed by atoms with Gasteiger partial charge in [-0.05, 0) is 31.9 Å². The van der Waals surface area contributed by atoms with E-state index in [0.717, 1.165) is 23.7 Å². The van der Waals surface area contributed by atoms with Crippen LogP contribution < -0.4 is 10.4 Å². The van der Waals surface area contributed by atoms with Crippen LogP contribution in [0, 0.1) is 0 Å². The molecule has 3 heterocycles. The van der Waals surface area contributed by atoms with E-state index in [1.165, 1.54) is 6.33 Å². The lowest BCUT2D eigenvalue weighted by molar-refractivity contribution is -0.134. The van der Waals surface area contributed by atoms with Crippen LogP contribution in [0.3, 0.4) is 0 Å². The highest BCUT2D eigenvalue weighted by atomic mass is 16.5. The van der Waals surface area contributed by atoms with Crippen LogP contribution in [0.2, 0.25) is 0 Å². The third-order valence-electron chi connectivity index (χ3n) is 5.08. The highest BCUT2D eigenvalue weighted by Gasteiger charge is 2.28. The van der Waals surface area contributed by atoms with Gasteiger partial charge in [-0.25, -0.2) is 19.9 Å². The number of amides is 1. The first kappa shape index (κ1) is 18.1. The van der Waals surface area contributed by atoms with Gasteiger partial charge in [0.25, 0.3) is 5.91 Å². The van der Waals surface area contributed by atoms with Crippen LogP contribution in [0.15, 0.2) is 35.4 Å². The normalized spacial score (nSPS) is 17.0. The fourth-order valence-electron chi connectivity index (χ4n) is 3.68. The van der Waals surface area contributed by atoms with Gasteiger partial charge in [-0.15, -0.1) is 0 Å². The lowest BCUT2D eigenvalue weighted by Gasteiger charge is -2.32. The molecule has 1 aliphatic heterocycles. The van der Waals surface area contributed by atoms with Crippen LogP contribution in [0.25, 0.3) is 10.9 Å². The lowest BCUT2D eigenvalue weighted by Crippen LogP contribution is -2.42. The van der Waals surface area contributed by atoms with E-state index in [9.17, 15) is 9.59 Å². The quantitative estimate of drug-likeness (QED) is 0.713. The van der Waals surface area contributed by atoms with E-state index in [4.69, 9.17) is 4.74 Å². The Labute approximate surface area is 161 Å². The second kappa shape index (κ2) is 7.79. The van der Waals surface area contributed by atoms with Gasteiger partial charge in [0, 0.05) is 25.6 Å². The molecule has 4 rings (SSSR count). The number of rotatable bonds is 5. The van der Waals surface area contributed by atoms with Gasteiger partial charge in [0.15, 0.2) is 6.61 Å². The number of carbonyl (C=O) groups excluding carboxylic acids is 1. The van der Waals surface area contributed by atoms with Crippen molar-refractivity contribution in [3.63, 3.8) is 0 Å². The fourth-order valence-corrected chi connectivity index (χ4v) is 3.68. The van der Waals surface area contributed by atoms with Crippen molar-refractivity contribution in [2.45, 2.75) is 32.2 Å². The van der Waals surface area contributed by atoms with Crippen molar-refractivity contribution in [3.05, 3.63) is 46.9 Å². The molecule has 1 amide bonds. The summed E-state index contributed by atoms with van der Waals surface area (Å²) in [6.07, 6.45) is 3.18.